The maximum absolute atomic E-state index is 11.7. The quantitative estimate of drug-likeness (QED) is 0.707. The Labute approximate surface area is 84.7 Å². The van der Waals surface area contributed by atoms with Gasteiger partial charge in [-0.1, -0.05) is 0 Å². The Morgan fingerprint density at radius 2 is 1.80 bits per heavy atom. The molecule has 0 atom stereocenters. The van der Waals surface area contributed by atoms with Gasteiger partial charge < -0.3 is 15.2 Å². The molecule has 0 heterocycles. The van der Waals surface area contributed by atoms with E-state index in [9.17, 15) is 18.0 Å². The minimum absolute atomic E-state index is 0.446. The van der Waals surface area contributed by atoms with Gasteiger partial charge in [-0.05, 0) is 20.8 Å². The Bertz CT molecular complexity index is 265. The minimum Gasteiger partial charge on any atom is -0.480 e. The Balaban J connectivity index is 4.25. The molecule has 0 saturated heterocycles. The number of nitrogens with one attached hydrogen (secondary N) is 1. The fourth-order valence-electron chi connectivity index (χ4n) is 0.552. The second-order valence-corrected chi connectivity index (χ2v) is 3.67. The van der Waals surface area contributed by atoms with Gasteiger partial charge in [-0.15, -0.1) is 0 Å². The first-order chi connectivity index (χ1) is 6.52. The molecule has 88 valence electrons. The van der Waals surface area contributed by atoms with Gasteiger partial charge in [0.2, 0.25) is 0 Å². The third-order valence-electron chi connectivity index (χ3n) is 0.995. The second kappa shape index (κ2) is 4.41. The van der Waals surface area contributed by atoms with Gasteiger partial charge in [-0.25, -0.2) is 0 Å². The first-order valence-corrected chi connectivity index (χ1v) is 3.98. The molecule has 0 aromatic heterocycles. The lowest BCUT2D eigenvalue weighted by atomic mass is 10.2. The SMILES string of the molecule is CC(C)(C)O/C(O)=C/NC(=O)C(F)(F)F. The van der Waals surface area contributed by atoms with E-state index in [1.54, 1.807) is 20.8 Å². The largest absolute Gasteiger partial charge is 0.480 e. The zero-order valence-electron chi connectivity index (χ0n) is 8.47. The molecular weight excluding hydrogens is 215 g/mol. The Morgan fingerprint density at radius 1 is 1.33 bits per heavy atom. The summed E-state index contributed by atoms with van der Waals surface area (Å²) in [7, 11) is 0. The molecule has 0 bridgehead atoms. The van der Waals surface area contributed by atoms with E-state index in [2.05, 4.69) is 0 Å². The average Bonchev–Trinajstić information content (AvgIpc) is 1.94. The zero-order valence-corrected chi connectivity index (χ0v) is 8.47. The van der Waals surface area contributed by atoms with Gasteiger partial charge in [-0.3, -0.25) is 4.79 Å². The minimum atomic E-state index is -4.99. The topological polar surface area (TPSA) is 58.6 Å². The van der Waals surface area contributed by atoms with Gasteiger partial charge in [0.15, 0.2) is 0 Å². The van der Waals surface area contributed by atoms with E-state index in [4.69, 9.17) is 9.84 Å². The number of ether oxygens (including phenoxy) is 1. The number of alkyl halides is 3. The highest BCUT2D eigenvalue weighted by Crippen LogP contribution is 2.15. The van der Waals surface area contributed by atoms with Gasteiger partial charge in [-0.2, -0.15) is 13.2 Å². The van der Waals surface area contributed by atoms with E-state index in [1.807, 2.05) is 0 Å². The lowest BCUT2D eigenvalue weighted by Crippen LogP contribution is -2.34. The van der Waals surface area contributed by atoms with Gasteiger partial charge >= 0.3 is 12.1 Å². The van der Waals surface area contributed by atoms with Crippen molar-refractivity contribution in [1.82, 2.24) is 5.32 Å². The van der Waals surface area contributed by atoms with Crippen LogP contribution in [0.15, 0.2) is 12.1 Å². The zero-order chi connectivity index (χ0) is 12.3. The van der Waals surface area contributed by atoms with Crippen molar-refractivity contribution in [3.63, 3.8) is 0 Å². The summed E-state index contributed by atoms with van der Waals surface area (Å²) < 4.78 is 39.8. The molecule has 0 rings (SSSR count). The molecule has 0 aromatic rings. The highest BCUT2D eigenvalue weighted by Gasteiger charge is 2.38. The van der Waals surface area contributed by atoms with E-state index in [1.165, 1.54) is 5.32 Å². The predicted octanol–water partition coefficient (Wildman–Crippen LogP) is 1.84. The highest BCUT2D eigenvalue weighted by atomic mass is 19.4. The maximum Gasteiger partial charge on any atom is 0.471 e. The summed E-state index contributed by atoms with van der Waals surface area (Å²) in [6, 6.07) is 0. The molecule has 0 fully saturated rings. The summed E-state index contributed by atoms with van der Waals surface area (Å²) in [6.07, 6.45) is -4.54. The van der Waals surface area contributed by atoms with Crippen LogP contribution in [-0.4, -0.2) is 22.8 Å². The first kappa shape index (κ1) is 13.6. The van der Waals surface area contributed by atoms with Crippen LogP contribution in [0.25, 0.3) is 0 Å². The molecule has 15 heavy (non-hydrogen) atoms. The van der Waals surface area contributed by atoms with Crippen molar-refractivity contribution in [3.8, 4) is 0 Å². The summed E-state index contributed by atoms with van der Waals surface area (Å²) in [6.45, 7) is 4.76. The molecule has 0 spiro atoms. The van der Waals surface area contributed by atoms with Crippen molar-refractivity contribution in [2.45, 2.75) is 32.5 Å². The number of halogens is 3. The van der Waals surface area contributed by atoms with Crippen molar-refractivity contribution < 1.29 is 27.8 Å². The molecular formula is C8H12F3NO3. The summed E-state index contributed by atoms with van der Waals surface area (Å²) in [5.41, 5.74) is -0.760. The Morgan fingerprint density at radius 3 is 2.13 bits per heavy atom. The second-order valence-electron chi connectivity index (χ2n) is 3.67. The lowest BCUT2D eigenvalue weighted by Gasteiger charge is -2.19. The Kier molecular flexibility index (Phi) is 4.00. The highest BCUT2D eigenvalue weighted by molar-refractivity contribution is 5.82. The molecule has 2 N–H and O–H groups in total. The standard InChI is InChI=1S/C8H12F3NO3/c1-7(2,3)15-5(13)4-12-6(14)8(9,10)11/h4,13H,1-3H3,(H,12,14)/b5-4+. The van der Waals surface area contributed by atoms with Crippen LogP contribution in [0.4, 0.5) is 13.2 Å². The van der Waals surface area contributed by atoms with Crippen LogP contribution in [0.1, 0.15) is 20.8 Å². The van der Waals surface area contributed by atoms with E-state index < -0.39 is 23.6 Å². The molecule has 4 nitrogen and oxygen atoms in total. The number of carbonyl (C=O) groups excluding carboxylic acids is 1. The average molecular weight is 227 g/mol. The molecule has 7 heteroatoms. The fraction of sp³-hybridized carbons (Fsp3) is 0.625. The lowest BCUT2D eigenvalue weighted by molar-refractivity contribution is -0.172. The van der Waals surface area contributed by atoms with Crippen LogP contribution in [-0.2, 0) is 9.53 Å². The van der Waals surface area contributed by atoms with Crippen LogP contribution in [0, 0.1) is 0 Å². The first-order valence-electron chi connectivity index (χ1n) is 3.98. The number of amides is 1. The third-order valence-corrected chi connectivity index (χ3v) is 0.995. The molecule has 0 aliphatic rings. The van der Waals surface area contributed by atoms with Crippen LogP contribution in [0.2, 0.25) is 0 Å². The monoisotopic (exact) mass is 227 g/mol. The van der Waals surface area contributed by atoms with Crippen molar-refractivity contribution in [1.29, 1.82) is 0 Å². The predicted molar refractivity (Wildman–Crippen MR) is 45.7 cm³/mol. The summed E-state index contributed by atoms with van der Waals surface area (Å²) in [5.74, 6) is -2.97. The molecule has 0 saturated carbocycles. The fourth-order valence-corrected chi connectivity index (χ4v) is 0.552. The molecule has 0 aromatic carbocycles. The van der Waals surface area contributed by atoms with Crippen molar-refractivity contribution in [2.24, 2.45) is 0 Å². The van der Waals surface area contributed by atoms with Gasteiger partial charge in [0.25, 0.3) is 5.95 Å². The molecule has 0 radical (unpaired) electrons. The third kappa shape index (κ3) is 6.64. The van der Waals surface area contributed by atoms with Crippen molar-refractivity contribution in [3.05, 3.63) is 12.1 Å². The summed E-state index contributed by atoms with van der Waals surface area (Å²) in [5, 5.41) is 10.3. The molecule has 0 aliphatic heterocycles. The number of hydrogen-bond acceptors (Lipinski definition) is 3. The van der Waals surface area contributed by atoms with Gasteiger partial charge in [0.05, 0.1) is 6.20 Å². The van der Waals surface area contributed by atoms with Crippen LogP contribution >= 0.6 is 0 Å². The van der Waals surface area contributed by atoms with E-state index >= 15 is 0 Å². The summed E-state index contributed by atoms with van der Waals surface area (Å²) >= 11 is 0. The van der Waals surface area contributed by atoms with E-state index in [0.717, 1.165) is 0 Å². The number of aliphatic hydroxyl groups is 1. The Hall–Kier alpha value is -1.40. The number of carbonyl (C=O) groups is 1. The molecule has 1 amide bonds. The van der Waals surface area contributed by atoms with Crippen molar-refractivity contribution in [2.75, 3.05) is 0 Å². The number of aliphatic hydroxyl groups excluding tert-OH is 1. The van der Waals surface area contributed by atoms with Crippen LogP contribution in [0.3, 0.4) is 0 Å². The van der Waals surface area contributed by atoms with Crippen LogP contribution in [0.5, 0.6) is 0 Å². The van der Waals surface area contributed by atoms with Gasteiger partial charge in [0.1, 0.15) is 5.60 Å². The normalized spacial score (nSPS) is 13.6. The smallest absolute Gasteiger partial charge is 0.471 e. The summed E-state index contributed by atoms with van der Waals surface area (Å²) in [4.78, 5) is 10.3. The maximum atomic E-state index is 11.7. The number of hydrogen-bond donors (Lipinski definition) is 2. The molecule has 0 aliphatic carbocycles. The van der Waals surface area contributed by atoms with Gasteiger partial charge in [0, 0.05) is 0 Å². The van der Waals surface area contributed by atoms with Crippen molar-refractivity contribution >= 4 is 5.91 Å². The van der Waals surface area contributed by atoms with Crippen LogP contribution < -0.4 is 5.32 Å². The van der Waals surface area contributed by atoms with E-state index in [0.29, 0.717) is 6.20 Å². The number of rotatable bonds is 2. The molecule has 0 unspecified atom stereocenters. The van der Waals surface area contributed by atoms with E-state index in [-0.39, 0.29) is 0 Å².